The monoisotopic (exact) mass is 307 g/mol. The molecule has 0 aliphatic heterocycles. The Bertz CT molecular complexity index is 677. The van der Waals surface area contributed by atoms with Gasteiger partial charge in [-0.05, 0) is 42.3 Å². The van der Waals surface area contributed by atoms with Crippen LogP contribution in [0.1, 0.15) is 29.9 Å². The summed E-state index contributed by atoms with van der Waals surface area (Å²) < 4.78 is 1.21. The van der Waals surface area contributed by atoms with Crippen LogP contribution < -0.4 is 10.9 Å². The van der Waals surface area contributed by atoms with Crippen LogP contribution >= 0.6 is 11.3 Å². The predicted octanol–water partition coefficient (Wildman–Crippen LogP) is 0.962. The lowest BCUT2D eigenvalue weighted by Crippen LogP contribution is -2.39. The molecule has 112 valence electrons. The number of thiophene rings is 1. The van der Waals surface area contributed by atoms with Gasteiger partial charge in [-0.25, -0.2) is 4.68 Å². The molecule has 0 fully saturated rings. The van der Waals surface area contributed by atoms with E-state index in [4.69, 9.17) is 0 Å². The van der Waals surface area contributed by atoms with Crippen molar-refractivity contribution >= 4 is 17.2 Å². The van der Waals surface area contributed by atoms with Gasteiger partial charge in [-0.2, -0.15) is 16.4 Å². The van der Waals surface area contributed by atoms with E-state index >= 15 is 0 Å². The highest BCUT2D eigenvalue weighted by molar-refractivity contribution is 7.08. The number of aryl methyl sites for hydroxylation is 1. The van der Waals surface area contributed by atoms with Gasteiger partial charge in [0, 0.05) is 12.6 Å². The summed E-state index contributed by atoms with van der Waals surface area (Å²) in [6.45, 7) is 3.87. The average Bonchev–Trinajstić information content (AvgIpc) is 3.00. The molecule has 1 amide bonds. The summed E-state index contributed by atoms with van der Waals surface area (Å²) in [6.07, 6.45) is 0. The Labute approximate surface area is 126 Å². The summed E-state index contributed by atoms with van der Waals surface area (Å²) in [7, 11) is 0. The second-order valence-corrected chi connectivity index (χ2v) is 5.62. The molecule has 0 spiro atoms. The smallest absolute Gasteiger partial charge is 0.271 e. The molecule has 0 saturated carbocycles. The molecule has 0 aliphatic rings. The van der Waals surface area contributed by atoms with Crippen LogP contribution in [0.3, 0.4) is 0 Å². The molecule has 2 N–H and O–H groups in total. The molecule has 0 saturated heterocycles. The Kier molecular flexibility index (Phi) is 4.54. The first-order chi connectivity index (χ1) is 9.94. The van der Waals surface area contributed by atoms with E-state index < -0.39 is 11.5 Å². The third-order valence-electron chi connectivity index (χ3n) is 3.14. The highest BCUT2D eigenvalue weighted by Gasteiger charge is 2.24. The van der Waals surface area contributed by atoms with Gasteiger partial charge in [0.1, 0.15) is 11.3 Å². The molecule has 0 aliphatic carbocycles. The molecule has 2 rings (SSSR count). The van der Waals surface area contributed by atoms with Crippen LogP contribution in [0.4, 0.5) is 0 Å². The Morgan fingerprint density at radius 3 is 2.86 bits per heavy atom. The van der Waals surface area contributed by atoms with Crippen LogP contribution in [0.5, 0.6) is 0 Å². The van der Waals surface area contributed by atoms with Gasteiger partial charge in [0.15, 0.2) is 0 Å². The first kappa shape index (κ1) is 15.4. The average molecular weight is 307 g/mol. The van der Waals surface area contributed by atoms with Gasteiger partial charge in [0.2, 0.25) is 0 Å². The van der Waals surface area contributed by atoms with E-state index in [2.05, 4.69) is 10.4 Å². The van der Waals surface area contributed by atoms with E-state index in [1.165, 1.54) is 28.2 Å². The molecule has 1 atom stereocenters. The minimum absolute atomic E-state index is 0.0650. The van der Waals surface area contributed by atoms with Crippen LogP contribution in [-0.4, -0.2) is 27.3 Å². The van der Waals surface area contributed by atoms with Crippen molar-refractivity contribution in [1.82, 2.24) is 15.1 Å². The van der Waals surface area contributed by atoms with E-state index in [-0.39, 0.29) is 17.8 Å². The maximum atomic E-state index is 12.0. The minimum atomic E-state index is -1.14. The molecule has 0 bridgehead atoms. The Morgan fingerprint density at radius 1 is 1.48 bits per heavy atom. The fourth-order valence-electron chi connectivity index (χ4n) is 1.81. The van der Waals surface area contributed by atoms with Crippen molar-refractivity contribution in [3.63, 3.8) is 0 Å². The quantitative estimate of drug-likeness (QED) is 0.862. The molecule has 7 heteroatoms. The predicted molar refractivity (Wildman–Crippen MR) is 80.4 cm³/mol. The largest absolute Gasteiger partial charge is 0.384 e. The molecule has 21 heavy (non-hydrogen) atoms. The fourth-order valence-corrected chi connectivity index (χ4v) is 2.60. The van der Waals surface area contributed by atoms with E-state index in [1.54, 1.807) is 13.8 Å². The van der Waals surface area contributed by atoms with Crippen molar-refractivity contribution in [2.24, 2.45) is 0 Å². The van der Waals surface area contributed by atoms with Crippen molar-refractivity contribution < 1.29 is 9.90 Å². The normalized spacial score (nSPS) is 13.7. The molecule has 1 unspecified atom stereocenters. The molecule has 2 aromatic heterocycles. The zero-order chi connectivity index (χ0) is 15.5. The van der Waals surface area contributed by atoms with Gasteiger partial charge in [-0.1, -0.05) is 0 Å². The second-order valence-electron chi connectivity index (χ2n) is 4.84. The number of carbonyl (C=O) groups excluding carboxylic acids is 1. The molecule has 2 aromatic rings. The van der Waals surface area contributed by atoms with E-state index in [0.29, 0.717) is 6.54 Å². The molecule has 2 heterocycles. The lowest BCUT2D eigenvalue weighted by Gasteiger charge is -2.22. The molecular formula is C14H17N3O3S. The van der Waals surface area contributed by atoms with Crippen LogP contribution in [0.15, 0.2) is 33.8 Å². The maximum Gasteiger partial charge on any atom is 0.271 e. The Balaban J connectivity index is 2.07. The highest BCUT2D eigenvalue weighted by atomic mass is 32.1. The van der Waals surface area contributed by atoms with Gasteiger partial charge in [0.05, 0.1) is 6.54 Å². The summed E-state index contributed by atoms with van der Waals surface area (Å²) in [5, 5.41) is 20.6. The van der Waals surface area contributed by atoms with Crippen LogP contribution in [0.25, 0.3) is 0 Å². The first-order valence-corrected chi connectivity index (χ1v) is 7.50. The number of amides is 1. The van der Waals surface area contributed by atoms with E-state index in [1.807, 2.05) is 16.8 Å². The summed E-state index contributed by atoms with van der Waals surface area (Å²) in [5.74, 6) is -0.423. The van der Waals surface area contributed by atoms with Crippen LogP contribution in [0.2, 0.25) is 0 Å². The third-order valence-corrected chi connectivity index (χ3v) is 3.82. The first-order valence-electron chi connectivity index (χ1n) is 6.55. The zero-order valence-corrected chi connectivity index (χ0v) is 12.7. The van der Waals surface area contributed by atoms with E-state index in [0.717, 1.165) is 5.56 Å². The van der Waals surface area contributed by atoms with Crippen molar-refractivity contribution in [2.75, 3.05) is 6.54 Å². The number of nitrogens with one attached hydrogen (secondary N) is 1. The maximum absolute atomic E-state index is 12.0. The lowest BCUT2D eigenvalue weighted by atomic mass is 9.99. The van der Waals surface area contributed by atoms with Crippen LogP contribution in [0, 0.1) is 0 Å². The van der Waals surface area contributed by atoms with Crippen molar-refractivity contribution in [2.45, 2.75) is 26.0 Å². The molecular weight excluding hydrogens is 290 g/mol. The number of rotatable bonds is 5. The molecule has 0 radical (unpaired) electrons. The minimum Gasteiger partial charge on any atom is -0.384 e. The van der Waals surface area contributed by atoms with Gasteiger partial charge in [0.25, 0.3) is 11.5 Å². The zero-order valence-electron chi connectivity index (χ0n) is 11.9. The third kappa shape index (κ3) is 3.56. The van der Waals surface area contributed by atoms with Gasteiger partial charge < -0.3 is 10.4 Å². The van der Waals surface area contributed by atoms with Crippen molar-refractivity contribution in [1.29, 1.82) is 0 Å². The SMILES string of the molecule is CCn1nc(C(=O)NCC(C)(O)c2ccsc2)ccc1=O. The number of hydrogen-bond donors (Lipinski definition) is 2. The number of nitrogens with zero attached hydrogens (tertiary/aromatic N) is 2. The number of carbonyl (C=O) groups is 1. The summed E-state index contributed by atoms with van der Waals surface area (Å²) in [6, 6.07) is 4.50. The van der Waals surface area contributed by atoms with Crippen molar-refractivity contribution in [3.05, 3.63) is 50.6 Å². The van der Waals surface area contributed by atoms with Crippen molar-refractivity contribution in [3.8, 4) is 0 Å². The topological polar surface area (TPSA) is 84.2 Å². The second kappa shape index (κ2) is 6.19. The lowest BCUT2D eigenvalue weighted by molar-refractivity contribution is 0.0528. The number of aliphatic hydroxyl groups is 1. The number of aromatic nitrogens is 2. The number of hydrogen-bond acceptors (Lipinski definition) is 5. The standard InChI is InChI=1S/C14H17N3O3S/c1-3-17-12(18)5-4-11(16-17)13(19)15-9-14(2,20)10-6-7-21-8-10/h4-8,20H,3,9H2,1-2H3,(H,15,19). The summed E-state index contributed by atoms with van der Waals surface area (Å²) >= 11 is 1.48. The van der Waals surface area contributed by atoms with Gasteiger partial charge >= 0.3 is 0 Å². The summed E-state index contributed by atoms with van der Waals surface area (Å²) in [5.41, 5.74) is -0.495. The van der Waals surface area contributed by atoms with Gasteiger partial charge in [-0.3, -0.25) is 9.59 Å². The van der Waals surface area contributed by atoms with E-state index in [9.17, 15) is 14.7 Å². The highest BCUT2D eigenvalue weighted by Crippen LogP contribution is 2.22. The van der Waals surface area contributed by atoms with Gasteiger partial charge in [-0.15, -0.1) is 0 Å². The fraction of sp³-hybridized carbons (Fsp3) is 0.357. The summed E-state index contributed by atoms with van der Waals surface area (Å²) in [4.78, 5) is 23.5. The Hall–Kier alpha value is -1.99. The molecule has 6 nitrogen and oxygen atoms in total. The molecule has 0 aromatic carbocycles. The van der Waals surface area contributed by atoms with Crippen LogP contribution in [-0.2, 0) is 12.1 Å². The Morgan fingerprint density at radius 2 is 2.24 bits per heavy atom.